The van der Waals surface area contributed by atoms with Gasteiger partial charge in [0.1, 0.15) is 9.66 Å². The lowest BCUT2D eigenvalue weighted by atomic mass is 10.0. The molecule has 0 radical (unpaired) electrons. The van der Waals surface area contributed by atoms with Gasteiger partial charge in [-0.05, 0) is 70.2 Å². The number of aromatic amines is 1. The first-order valence-electron chi connectivity index (χ1n) is 11.5. The number of benzene rings is 2. The fourth-order valence-electron chi connectivity index (χ4n) is 3.58. The highest BCUT2D eigenvalue weighted by atomic mass is 35.5. The number of nitrogens with zero attached hydrogens (tertiary/aromatic N) is 1. The number of hydrogen-bond acceptors (Lipinski definition) is 5. The summed E-state index contributed by atoms with van der Waals surface area (Å²) in [7, 11) is -3.72. The Morgan fingerprint density at radius 1 is 1.00 bits per heavy atom. The number of aryl methyl sites for hydroxylation is 2. The van der Waals surface area contributed by atoms with Crippen molar-refractivity contribution in [2.75, 3.05) is 6.61 Å². The van der Waals surface area contributed by atoms with Crippen molar-refractivity contribution in [1.29, 1.82) is 0 Å². The van der Waals surface area contributed by atoms with Crippen LogP contribution in [0, 0.1) is 11.6 Å². The van der Waals surface area contributed by atoms with Crippen LogP contribution in [0.4, 0.5) is 0 Å². The average Bonchev–Trinajstić information content (AvgIpc) is 2.79. The van der Waals surface area contributed by atoms with Crippen molar-refractivity contribution in [2.24, 2.45) is 0 Å². The molecule has 188 valence electrons. The minimum Gasteiger partial charge on any atom is -0.285 e. The summed E-state index contributed by atoms with van der Waals surface area (Å²) >= 11 is 11.9. The number of rotatable bonds is 9. The Labute approximate surface area is 217 Å². The Balaban J connectivity index is 1.54. The van der Waals surface area contributed by atoms with Crippen LogP contribution in [-0.2, 0) is 32.7 Å². The Kier molecular flexibility index (Phi) is 8.75. The van der Waals surface area contributed by atoms with Gasteiger partial charge in [0.15, 0.2) is 0 Å². The summed E-state index contributed by atoms with van der Waals surface area (Å²) < 4.78 is 31.5. The highest BCUT2D eigenvalue weighted by molar-refractivity contribution is 7.86. The maximum Gasteiger partial charge on any atom is 0.296 e. The Morgan fingerprint density at radius 2 is 1.60 bits per heavy atom. The summed E-state index contributed by atoms with van der Waals surface area (Å²) in [6.07, 6.45) is 2.68. The highest BCUT2D eigenvalue weighted by Gasteiger charge is 2.20. The van der Waals surface area contributed by atoms with E-state index >= 15 is 0 Å². The monoisotopic (exact) mass is 534 g/mol. The number of unbranched alkanes of at least 4 members (excludes halogenated alkanes) is 1. The molecule has 0 amide bonds. The quantitative estimate of drug-likeness (QED) is 0.209. The first-order chi connectivity index (χ1) is 16.4. The van der Waals surface area contributed by atoms with Gasteiger partial charge >= 0.3 is 0 Å². The van der Waals surface area contributed by atoms with Crippen LogP contribution < -0.4 is 5.56 Å². The lowest BCUT2D eigenvalue weighted by molar-refractivity contribution is 0.308. The third kappa shape index (κ3) is 7.13. The minimum atomic E-state index is -3.72. The van der Waals surface area contributed by atoms with Crippen LogP contribution in [-0.4, -0.2) is 24.8 Å². The molecule has 0 aliphatic heterocycles. The number of aromatic nitrogens is 2. The fourth-order valence-corrected chi connectivity index (χ4v) is 5.09. The lowest BCUT2D eigenvalue weighted by Gasteiger charge is -2.23. The molecule has 1 aromatic heterocycles. The molecule has 1 heterocycles. The van der Waals surface area contributed by atoms with Gasteiger partial charge in [0.05, 0.1) is 17.0 Å². The summed E-state index contributed by atoms with van der Waals surface area (Å²) in [6, 6.07) is 14.7. The van der Waals surface area contributed by atoms with E-state index in [0.717, 1.165) is 29.5 Å². The van der Waals surface area contributed by atoms with Crippen molar-refractivity contribution in [3.8, 4) is 0 Å². The number of nitrogens with one attached hydrogen (secondary N) is 1. The molecule has 1 N–H and O–H groups in total. The van der Waals surface area contributed by atoms with Gasteiger partial charge in [0.25, 0.3) is 15.7 Å². The van der Waals surface area contributed by atoms with Gasteiger partial charge in [-0.3, -0.25) is 14.1 Å². The second-order valence-electron chi connectivity index (χ2n) is 9.58. The van der Waals surface area contributed by atoms with Crippen LogP contribution in [0.3, 0.4) is 0 Å². The molecule has 0 unspecified atom stereocenters. The van der Waals surface area contributed by atoms with E-state index in [-0.39, 0.29) is 22.1 Å². The molecule has 0 fully saturated rings. The maximum atomic E-state index is 12.7. The molecule has 0 saturated heterocycles. The zero-order valence-corrected chi connectivity index (χ0v) is 22.8. The lowest BCUT2D eigenvalue weighted by Crippen LogP contribution is -2.37. The fraction of sp³-hybridized carbons (Fsp3) is 0.385. The maximum absolute atomic E-state index is 12.7. The predicted molar refractivity (Wildman–Crippen MR) is 142 cm³/mol. The van der Waals surface area contributed by atoms with E-state index in [1.165, 1.54) is 4.68 Å². The van der Waals surface area contributed by atoms with Crippen LogP contribution in [0.5, 0.6) is 0 Å². The van der Waals surface area contributed by atoms with Crippen LogP contribution in [0.1, 0.15) is 55.9 Å². The molecule has 0 spiro atoms. The van der Waals surface area contributed by atoms with Gasteiger partial charge in [0.2, 0.25) is 0 Å². The van der Waals surface area contributed by atoms with Crippen LogP contribution >= 0.6 is 23.8 Å². The molecule has 2 aromatic carbocycles. The summed E-state index contributed by atoms with van der Waals surface area (Å²) in [5.74, 6) is 0. The number of hydrogen-bond donors (Lipinski definition) is 1. The van der Waals surface area contributed by atoms with Crippen LogP contribution in [0.15, 0.2) is 58.2 Å². The molecule has 35 heavy (non-hydrogen) atoms. The van der Waals surface area contributed by atoms with Crippen LogP contribution in [0.25, 0.3) is 0 Å². The first-order valence-corrected chi connectivity index (χ1v) is 13.7. The van der Waals surface area contributed by atoms with Gasteiger partial charge in [-0.1, -0.05) is 65.8 Å². The SMILES string of the molecule is Cc1ccc(S(=O)(=O)OCCCCc2ccc(Cc3c(Cl)c(=O)n(C(C)(C)C)[nH]c3=S)cc2)cc1. The van der Waals surface area contributed by atoms with Crippen molar-refractivity contribution in [3.63, 3.8) is 0 Å². The van der Waals surface area contributed by atoms with E-state index in [1.54, 1.807) is 24.3 Å². The normalized spacial score (nSPS) is 12.1. The molecular weight excluding hydrogens is 504 g/mol. The third-order valence-electron chi connectivity index (χ3n) is 5.63. The van der Waals surface area contributed by atoms with E-state index in [9.17, 15) is 13.2 Å². The first kappa shape index (κ1) is 27.3. The van der Waals surface area contributed by atoms with Gasteiger partial charge < -0.3 is 0 Å². The van der Waals surface area contributed by atoms with Gasteiger partial charge in [-0.15, -0.1) is 0 Å². The van der Waals surface area contributed by atoms with E-state index < -0.39 is 15.7 Å². The Morgan fingerprint density at radius 3 is 2.20 bits per heavy atom. The molecule has 0 aliphatic rings. The predicted octanol–water partition coefficient (Wildman–Crippen LogP) is 5.94. The van der Waals surface area contributed by atoms with Crippen molar-refractivity contribution < 1.29 is 12.6 Å². The zero-order valence-electron chi connectivity index (χ0n) is 20.4. The molecule has 0 aliphatic carbocycles. The van der Waals surface area contributed by atoms with Gasteiger partial charge in [-0.2, -0.15) is 8.42 Å². The van der Waals surface area contributed by atoms with E-state index in [1.807, 2.05) is 52.0 Å². The summed E-state index contributed by atoms with van der Waals surface area (Å²) in [4.78, 5) is 12.8. The third-order valence-corrected chi connectivity index (χ3v) is 7.68. The van der Waals surface area contributed by atoms with E-state index in [2.05, 4.69) is 5.10 Å². The molecule has 9 heteroatoms. The highest BCUT2D eigenvalue weighted by Crippen LogP contribution is 2.20. The minimum absolute atomic E-state index is 0.144. The van der Waals surface area contributed by atoms with Crippen molar-refractivity contribution >= 4 is 33.9 Å². The van der Waals surface area contributed by atoms with E-state index in [4.69, 9.17) is 28.0 Å². The summed E-state index contributed by atoms with van der Waals surface area (Å²) in [6.45, 7) is 7.77. The Hall–Kier alpha value is -2.26. The second kappa shape index (κ2) is 11.2. The zero-order chi connectivity index (χ0) is 25.8. The topological polar surface area (TPSA) is 81.2 Å². The second-order valence-corrected chi connectivity index (χ2v) is 12.0. The van der Waals surface area contributed by atoms with Crippen molar-refractivity contribution in [1.82, 2.24) is 9.78 Å². The Bertz CT molecular complexity index is 1390. The van der Waals surface area contributed by atoms with E-state index in [0.29, 0.717) is 23.0 Å². The number of halogens is 1. The van der Waals surface area contributed by atoms with Crippen LogP contribution in [0.2, 0.25) is 5.02 Å². The molecular formula is C26H31ClN2O4S2. The molecule has 0 bridgehead atoms. The number of H-pyrrole nitrogens is 1. The van der Waals surface area contributed by atoms with Gasteiger partial charge in [0, 0.05) is 12.0 Å². The summed E-state index contributed by atoms with van der Waals surface area (Å²) in [5, 5.41) is 3.15. The molecule has 0 atom stereocenters. The molecule has 3 rings (SSSR count). The summed E-state index contributed by atoms with van der Waals surface area (Å²) in [5.41, 5.74) is 3.00. The molecule has 3 aromatic rings. The molecule has 0 saturated carbocycles. The smallest absolute Gasteiger partial charge is 0.285 e. The average molecular weight is 535 g/mol. The largest absolute Gasteiger partial charge is 0.296 e. The van der Waals surface area contributed by atoms with Crippen molar-refractivity contribution in [2.45, 2.75) is 63.8 Å². The molecule has 6 nitrogen and oxygen atoms in total. The van der Waals surface area contributed by atoms with Gasteiger partial charge in [-0.25, -0.2) is 4.68 Å². The standard InChI is InChI=1S/C26H31ClN2O4S2/c1-18-8-14-21(15-9-18)35(31,32)33-16-6-5-7-19-10-12-20(13-11-19)17-22-23(27)25(30)29(26(2,3)4)28-24(22)34/h8-15H,5-7,16-17H2,1-4H3,(H,28,34). The van der Waals surface area contributed by atoms with Crippen molar-refractivity contribution in [3.05, 3.63) is 90.8 Å².